The number of sulfonamides is 1. The largest absolute Gasteiger partial charge is 0.593 e. The van der Waals surface area contributed by atoms with Gasteiger partial charge < -0.3 is 14.4 Å². The van der Waals surface area contributed by atoms with Gasteiger partial charge >= 0.3 is 0 Å². The first-order valence-corrected chi connectivity index (χ1v) is 11.3. The second-order valence-electron chi connectivity index (χ2n) is 7.58. The lowest BCUT2D eigenvalue weighted by atomic mass is 9.86. The summed E-state index contributed by atoms with van der Waals surface area (Å²) in [6, 6.07) is 7.53. The summed E-state index contributed by atoms with van der Waals surface area (Å²) < 4.78 is 32.6. The van der Waals surface area contributed by atoms with Crippen LogP contribution in [-0.2, 0) is 25.9 Å². The van der Waals surface area contributed by atoms with E-state index in [1.807, 2.05) is 24.3 Å². The highest BCUT2D eigenvalue weighted by Gasteiger charge is 2.53. The first-order chi connectivity index (χ1) is 13.7. The standard InChI is InChI=1S/C19H23ClN4O4S/c1-13-17(14(2)28-22-13)29(26,27)24-9-7-19(8-10-24)18(25)21-12-23(19)11-15-3-5-16(20)6-4-15/h3-6H,7-12H2,1-2H3,(H-,21,25,26,27). The topological polar surface area (TPSA) is 102 Å². The van der Waals surface area contributed by atoms with Crippen LogP contribution >= 0.6 is 11.6 Å². The van der Waals surface area contributed by atoms with Gasteiger partial charge in [-0.05, 0) is 37.5 Å². The average Bonchev–Trinajstić information content (AvgIpc) is 3.18. The zero-order valence-electron chi connectivity index (χ0n) is 16.3. The second kappa shape index (κ2) is 7.48. The van der Waals surface area contributed by atoms with Crippen LogP contribution in [0.1, 0.15) is 29.9 Å². The van der Waals surface area contributed by atoms with Gasteiger partial charge in [-0.15, -0.1) is 4.31 Å². The molecule has 1 aromatic heterocycles. The van der Waals surface area contributed by atoms with Gasteiger partial charge in [0.1, 0.15) is 11.2 Å². The van der Waals surface area contributed by atoms with Crippen LogP contribution in [0.4, 0.5) is 0 Å². The Kier molecular flexibility index (Phi) is 5.28. The minimum absolute atomic E-state index is 0.0409. The summed E-state index contributed by atoms with van der Waals surface area (Å²) >= 11 is 5.96. The lowest BCUT2D eigenvalue weighted by Crippen LogP contribution is -2.57. The maximum atomic E-state index is 13.1. The molecule has 2 aliphatic heterocycles. The van der Waals surface area contributed by atoms with E-state index in [0.717, 1.165) is 5.56 Å². The van der Waals surface area contributed by atoms with Crippen molar-refractivity contribution in [1.82, 2.24) is 19.7 Å². The lowest BCUT2D eigenvalue weighted by molar-refractivity contribution is -0.128. The molecule has 1 spiro atoms. The van der Waals surface area contributed by atoms with Crippen molar-refractivity contribution in [3.8, 4) is 0 Å². The number of benzene rings is 1. The van der Waals surface area contributed by atoms with Crippen molar-refractivity contribution < 1.29 is 18.1 Å². The van der Waals surface area contributed by atoms with Gasteiger partial charge in [-0.3, -0.25) is 9.69 Å². The third kappa shape index (κ3) is 3.51. The van der Waals surface area contributed by atoms with Crippen molar-refractivity contribution in [3.05, 3.63) is 46.3 Å². The Morgan fingerprint density at radius 3 is 2.52 bits per heavy atom. The predicted octanol–water partition coefficient (Wildman–Crippen LogP) is 2.27. The Balaban J connectivity index is 1.52. The number of hydrogen-bond acceptors (Lipinski definition) is 6. The quantitative estimate of drug-likeness (QED) is 0.735. The molecule has 156 valence electrons. The molecule has 0 radical (unpaired) electrons. The smallest absolute Gasteiger partial charge is 0.241 e. The zero-order chi connectivity index (χ0) is 20.8. The van der Waals surface area contributed by atoms with Gasteiger partial charge in [0.05, 0.1) is 6.67 Å². The number of aromatic nitrogens is 1. The van der Waals surface area contributed by atoms with E-state index in [9.17, 15) is 13.6 Å². The molecule has 1 aromatic carbocycles. The summed E-state index contributed by atoms with van der Waals surface area (Å²) in [5, 5.41) is 7.36. The minimum Gasteiger partial charge on any atom is -0.593 e. The maximum absolute atomic E-state index is 13.1. The van der Waals surface area contributed by atoms with Gasteiger partial charge in [-0.2, -0.15) is 0 Å². The average molecular weight is 439 g/mol. The molecule has 1 N–H and O–H groups in total. The molecule has 0 saturated carbocycles. The highest BCUT2D eigenvalue weighted by Crippen LogP contribution is 2.37. The fraction of sp³-hybridized carbons (Fsp3) is 0.474. The van der Waals surface area contributed by atoms with Gasteiger partial charge in [0, 0.05) is 31.6 Å². The summed E-state index contributed by atoms with van der Waals surface area (Å²) in [4.78, 5) is 15.0. The van der Waals surface area contributed by atoms with Crippen molar-refractivity contribution in [3.63, 3.8) is 0 Å². The molecule has 3 heterocycles. The molecular formula is C19H23ClN4O4S. The molecule has 0 bridgehead atoms. The van der Waals surface area contributed by atoms with E-state index in [4.69, 9.17) is 16.1 Å². The Labute approximate surface area is 175 Å². The number of amides is 1. The first kappa shape index (κ1) is 20.5. The van der Waals surface area contributed by atoms with Gasteiger partial charge in [0.2, 0.25) is 10.8 Å². The molecule has 2 aromatic rings. The molecule has 2 saturated heterocycles. The van der Waals surface area contributed by atoms with E-state index >= 15 is 0 Å². The number of nitrogens with one attached hydrogen (secondary N) is 1. The number of hydrogen-bond donors (Lipinski definition) is 1. The molecule has 2 fully saturated rings. The zero-order valence-corrected chi connectivity index (χ0v) is 17.9. The molecule has 29 heavy (non-hydrogen) atoms. The van der Waals surface area contributed by atoms with Crippen LogP contribution in [0.15, 0.2) is 33.7 Å². The van der Waals surface area contributed by atoms with Crippen LogP contribution < -0.4 is 5.32 Å². The van der Waals surface area contributed by atoms with Gasteiger partial charge in [0.25, 0.3) is 0 Å². The van der Waals surface area contributed by atoms with Crippen molar-refractivity contribution in [2.24, 2.45) is 0 Å². The van der Waals surface area contributed by atoms with Gasteiger partial charge in [0.15, 0.2) is 16.2 Å². The maximum Gasteiger partial charge on any atom is 0.241 e. The molecule has 1 amide bonds. The fourth-order valence-electron chi connectivity index (χ4n) is 4.26. The van der Waals surface area contributed by atoms with Crippen LogP contribution in [-0.4, -0.2) is 50.1 Å². The first-order valence-electron chi connectivity index (χ1n) is 9.45. The molecule has 0 aliphatic carbocycles. The number of halogens is 1. The van der Waals surface area contributed by atoms with Crippen molar-refractivity contribution >= 4 is 27.9 Å². The van der Waals surface area contributed by atoms with Crippen LogP contribution in [0.25, 0.3) is 0 Å². The van der Waals surface area contributed by atoms with Crippen molar-refractivity contribution in [2.75, 3.05) is 19.8 Å². The SMILES string of the molecule is Cc1noc(C)c1[S+](=O)([O-])N1CCC2(CC1)C(=O)NCN2Cc1ccc(Cl)cc1. The summed E-state index contributed by atoms with van der Waals surface area (Å²) in [6.45, 7) is 4.77. The van der Waals surface area contributed by atoms with Crippen molar-refractivity contribution in [1.29, 1.82) is 0 Å². The number of carbonyl (C=O) groups excluding carboxylic acids is 1. The Morgan fingerprint density at radius 2 is 1.93 bits per heavy atom. The normalized spacial score (nSPS) is 22.0. The van der Waals surface area contributed by atoms with E-state index < -0.39 is 15.9 Å². The van der Waals surface area contributed by atoms with E-state index in [1.165, 1.54) is 4.31 Å². The Hall–Kier alpha value is -1.78. The van der Waals surface area contributed by atoms with E-state index in [1.54, 1.807) is 13.8 Å². The van der Waals surface area contributed by atoms with Crippen LogP contribution in [0.2, 0.25) is 5.02 Å². The highest BCUT2D eigenvalue weighted by atomic mass is 35.5. The molecule has 4 rings (SSSR count). The van der Waals surface area contributed by atoms with Crippen LogP contribution in [0.5, 0.6) is 0 Å². The molecule has 1 atom stereocenters. The van der Waals surface area contributed by atoms with Gasteiger partial charge in [-0.25, -0.2) is 0 Å². The number of nitrogens with zero attached hydrogens (tertiary/aromatic N) is 3. The summed E-state index contributed by atoms with van der Waals surface area (Å²) in [6.07, 6.45) is 0.851. The highest BCUT2D eigenvalue weighted by molar-refractivity contribution is 7.95. The number of piperidine rings is 1. The Morgan fingerprint density at radius 1 is 1.28 bits per heavy atom. The summed E-state index contributed by atoms with van der Waals surface area (Å²) in [5.74, 6) is 0.242. The second-order valence-corrected chi connectivity index (χ2v) is 9.89. The van der Waals surface area contributed by atoms with Crippen molar-refractivity contribution in [2.45, 2.75) is 43.7 Å². The molecule has 10 heteroatoms. The minimum atomic E-state index is -3.71. The predicted molar refractivity (Wildman–Crippen MR) is 107 cm³/mol. The van der Waals surface area contributed by atoms with E-state index in [0.29, 0.717) is 36.8 Å². The van der Waals surface area contributed by atoms with Crippen LogP contribution in [0, 0.1) is 13.8 Å². The molecular weight excluding hydrogens is 416 g/mol. The Bertz CT molecular complexity index is 950. The third-order valence-corrected chi connectivity index (χ3v) is 8.26. The molecule has 2 aliphatic rings. The third-order valence-electron chi connectivity index (χ3n) is 5.86. The number of aryl methyl sites for hydroxylation is 2. The number of rotatable bonds is 4. The monoisotopic (exact) mass is 438 g/mol. The molecule has 8 nitrogen and oxygen atoms in total. The van der Waals surface area contributed by atoms with E-state index in [2.05, 4.69) is 15.4 Å². The van der Waals surface area contributed by atoms with Crippen LogP contribution in [0.3, 0.4) is 0 Å². The lowest BCUT2D eigenvalue weighted by Gasteiger charge is -2.42. The molecule has 1 unspecified atom stereocenters. The van der Waals surface area contributed by atoms with Gasteiger partial charge in [-0.1, -0.05) is 33.1 Å². The van der Waals surface area contributed by atoms with E-state index in [-0.39, 0.29) is 29.7 Å². The summed E-state index contributed by atoms with van der Waals surface area (Å²) in [5.41, 5.74) is 0.700. The number of carbonyl (C=O) groups is 1. The summed E-state index contributed by atoms with van der Waals surface area (Å²) in [7, 11) is -3.71. The fourth-order valence-corrected chi connectivity index (χ4v) is 6.11.